The summed E-state index contributed by atoms with van der Waals surface area (Å²) in [6.45, 7) is 4.57. The fourth-order valence-electron chi connectivity index (χ4n) is 3.34. The van der Waals surface area contributed by atoms with E-state index >= 15 is 0 Å². The van der Waals surface area contributed by atoms with Crippen LogP contribution >= 0.6 is 12.6 Å². The molecule has 0 bridgehead atoms. The second-order valence-corrected chi connectivity index (χ2v) is 7.53. The van der Waals surface area contributed by atoms with E-state index in [1.54, 1.807) is 0 Å². The number of allylic oxidation sites excluding steroid dienone is 1. The molecule has 0 unspecified atom stereocenters. The Kier molecular flexibility index (Phi) is 5.77. The fraction of sp³-hybridized carbons (Fsp3) is 0.600. The maximum absolute atomic E-state index is 10.3. The summed E-state index contributed by atoms with van der Waals surface area (Å²) in [6.07, 6.45) is 6.79. The number of rotatable bonds is 11. The van der Waals surface area contributed by atoms with Gasteiger partial charge < -0.3 is 15.2 Å². The fourth-order valence-corrected chi connectivity index (χ4v) is 3.55. The van der Waals surface area contributed by atoms with Gasteiger partial charge >= 0.3 is 0 Å². The molecule has 0 amide bonds. The van der Waals surface area contributed by atoms with E-state index in [4.69, 9.17) is 4.74 Å². The van der Waals surface area contributed by atoms with Crippen molar-refractivity contribution in [2.45, 2.75) is 38.4 Å². The largest absolute Gasteiger partial charge is 0.512 e. The van der Waals surface area contributed by atoms with E-state index in [9.17, 15) is 5.11 Å². The Morgan fingerprint density at radius 2 is 2.12 bits per heavy atom. The minimum absolute atomic E-state index is 0.230. The summed E-state index contributed by atoms with van der Waals surface area (Å²) in [5.41, 5.74) is 1.43. The van der Waals surface area contributed by atoms with Crippen LogP contribution < -0.4 is 10.1 Å². The molecule has 3 rings (SSSR count). The van der Waals surface area contributed by atoms with Crippen LogP contribution in [0, 0.1) is 17.3 Å². The number of thiol groups is 1. The summed E-state index contributed by atoms with van der Waals surface area (Å²) in [7, 11) is 0. The first-order valence-electron chi connectivity index (χ1n) is 9.12. The molecule has 4 heteroatoms. The molecule has 2 N–H and O–H groups in total. The second kappa shape index (κ2) is 7.83. The Morgan fingerprint density at radius 3 is 2.71 bits per heavy atom. The van der Waals surface area contributed by atoms with E-state index in [0.29, 0.717) is 18.3 Å². The lowest BCUT2D eigenvalue weighted by Gasteiger charge is -2.15. The molecule has 1 atom stereocenters. The van der Waals surface area contributed by atoms with Crippen LogP contribution in [0.15, 0.2) is 36.1 Å². The van der Waals surface area contributed by atoms with Gasteiger partial charge in [0.15, 0.2) is 0 Å². The lowest BCUT2D eigenvalue weighted by atomic mass is 10.00. The van der Waals surface area contributed by atoms with Crippen molar-refractivity contribution in [2.75, 3.05) is 19.7 Å². The van der Waals surface area contributed by atoms with Gasteiger partial charge in [-0.1, -0.05) is 25.5 Å². The van der Waals surface area contributed by atoms with Gasteiger partial charge in [-0.3, -0.25) is 0 Å². The molecule has 0 radical (unpaired) electrons. The second-order valence-electron chi connectivity index (χ2n) is 7.22. The minimum Gasteiger partial charge on any atom is -0.512 e. The molecule has 24 heavy (non-hydrogen) atoms. The van der Waals surface area contributed by atoms with Crippen molar-refractivity contribution < 1.29 is 9.84 Å². The molecular weight excluding hydrogens is 318 g/mol. The Hall–Kier alpha value is -1.13. The Balaban J connectivity index is 1.35. The van der Waals surface area contributed by atoms with Gasteiger partial charge in [0, 0.05) is 24.3 Å². The quantitative estimate of drug-likeness (QED) is 0.317. The molecule has 1 aromatic rings. The minimum atomic E-state index is 0.230. The molecule has 0 saturated heterocycles. The highest BCUT2D eigenvalue weighted by atomic mass is 32.1. The molecule has 0 spiro atoms. The average molecular weight is 348 g/mol. The van der Waals surface area contributed by atoms with Crippen molar-refractivity contribution in [3.63, 3.8) is 0 Å². The molecule has 0 aliphatic heterocycles. The maximum atomic E-state index is 10.3. The van der Waals surface area contributed by atoms with Crippen LogP contribution in [0.1, 0.15) is 38.2 Å². The smallest absolute Gasteiger partial charge is 0.119 e. The van der Waals surface area contributed by atoms with E-state index in [-0.39, 0.29) is 5.41 Å². The summed E-state index contributed by atoms with van der Waals surface area (Å²) >= 11 is 4.25. The van der Waals surface area contributed by atoms with E-state index in [1.165, 1.54) is 18.4 Å². The first-order chi connectivity index (χ1) is 11.7. The summed E-state index contributed by atoms with van der Waals surface area (Å²) in [5, 5.41) is 13.7. The van der Waals surface area contributed by atoms with E-state index in [1.807, 2.05) is 24.3 Å². The predicted molar refractivity (Wildman–Crippen MR) is 102 cm³/mol. The third kappa shape index (κ3) is 4.28. The molecule has 2 aliphatic carbocycles. The number of ether oxygens (including phenoxy) is 1. The van der Waals surface area contributed by atoms with Crippen LogP contribution in [0.2, 0.25) is 0 Å². The Bertz CT molecular complexity index is 564. The van der Waals surface area contributed by atoms with Gasteiger partial charge in [0.2, 0.25) is 0 Å². The van der Waals surface area contributed by atoms with Crippen LogP contribution in [0.3, 0.4) is 0 Å². The molecule has 0 aromatic heterocycles. The van der Waals surface area contributed by atoms with Crippen molar-refractivity contribution in [3.05, 3.63) is 41.7 Å². The maximum Gasteiger partial charge on any atom is 0.119 e. The number of aliphatic hydroxyl groups is 1. The van der Waals surface area contributed by atoms with Crippen molar-refractivity contribution in [1.82, 2.24) is 5.32 Å². The number of aliphatic hydroxyl groups excluding tert-OH is 1. The molecule has 2 fully saturated rings. The standard InChI is InChI=1S/C20H29NO2S/c1-2-3-16(10-19(22)20-11-17(20)12-20)13-21-8-9-23-18-6-4-15(14-24)5-7-18/h4-7,10,16-17,21-22,24H,2-3,8-9,11-14H2,1H3/t16-,17?,20?/m1/s1. The number of hydrogen-bond acceptors (Lipinski definition) is 4. The highest BCUT2D eigenvalue weighted by Crippen LogP contribution is 2.78. The highest BCUT2D eigenvalue weighted by molar-refractivity contribution is 7.79. The predicted octanol–water partition coefficient (Wildman–Crippen LogP) is 4.35. The summed E-state index contributed by atoms with van der Waals surface area (Å²) in [6, 6.07) is 8.08. The molecule has 2 saturated carbocycles. The van der Waals surface area contributed by atoms with Gasteiger partial charge in [-0.15, -0.1) is 0 Å². The lowest BCUT2D eigenvalue weighted by Crippen LogP contribution is -2.26. The summed E-state index contributed by atoms with van der Waals surface area (Å²) in [4.78, 5) is 0. The van der Waals surface area contributed by atoms with Gasteiger partial charge in [-0.25, -0.2) is 0 Å². The SMILES string of the molecule is CCC[C@H](C=C(O)C12CC1C2)CNCCOc1ccc(CS)cc1. The van der Waals surface area contributed by atoms with Crippen LogP contribution in [0.25, 0.3) is 0 Å². The van der Waals surface area contributed by atoms with Gasteiger partial charge in [-0.2, -0.15) is 12.6 Å². The number of hydrogen-bond donors (Lipinski definition) is 3. The summed E-state index contributed by atoms with van der Waals surface area (Å²) < 4.78 is 5.75. The first kappa shape index (κ1) is 17.7. The normalized spacial score (nSPS) is 25.9. The third-order valence-corrected chi connectivity index (χ3v) is 5.67. The third-order valence-electron chi connectivity index (χ3n) is 5.31. The first-order valence-corrected chi connectivity index (χ1v) is 9.76. The average Bonchev–Trinajstić information content (AvgIpc) is 3.45. The van der Waals surface area contributed by atoms with Crippen LogP contribution in [0.5, 0.6) is 5.75 Å². The van der Waals surface area contributed by atoms with Crippen LogP contribution in [0.4, 0.5) is 0 Å². The highest BCUT2D eigenvalue weighted by Gasteiger charge is 2.72. The van der Waals surface area contributed by atoms with Gasteiger partial charge in [0.05, 0.1) is 5.76 Å². The number of fused-ring (bicyclic) bond motifs is 1. The van der Waals surface area contributed by atoms with Crippen molar-refractivity contribution in [2.24, 2.45) is 17.3 Å². The number of benzene rings is 1. The lowest BCUT2D eigenvalue weighted by molar-refractivity contribution is 0.308. The molecular formula is C20H29NO2S. The van der Waals surface area contributed by atoms with E-state index < -0.39 is 0 Å². The van der Waals surface area contributed by atoms with E-state index in [0.717, 1.165) is 43.4 Å². The topological polar surface area (TPSA) is 41.5 Å². The molecule has 132 valence electrons. The van der Waals surface area contributed by atoms with Gasteiger partial charge in [0.1, 0.15) is 12.4 Å². The zero-order valence-corrected chi connectivity index (χ0v) is 15.4. The van der Waals surface area contributed by atoms with Gasteiger partial charge in [0.25, 0.3) is 0 Å². The van der Waals surface area contributed by atoms with E-state index in [2.05, 4.69) is 30.9 Å². The van der Waals surface area contributed by atoms with Crippen molar-refractivity contribution in [3.8, 4) is 5.75 Å². The Labute approximate surface area is 150 Å². The zero-order valence-electron chi connectivity index (χ0n) is 14.5. The van der Waals surface area contributed by atoms with Crippen LogP contribution in [-0.4, -0.2) is 24.8 Å². The zero-order chi connectivity index (χ0) is 17.0. The van der Waals surface area contributed by atoms with Crippen molar-refractivity contribution in [1.29, 1.82) is 0 Å². The summed E-state index contributed by atoms with van der Waals surface area (Å²) in [5.74, 6) is 3.53. The number of nitrogens with one attached hydrogen (secondary N) is 1. The van der Waals surface area contributed by atoms with Gasteiger partial charge in [-0.05, 0) is 54.9 Å². The molecule has 3 nitrogen and oxygen atoms in total. The Morgan fingerprint density at radius 1 is 1.42 bits per heavy atom. The molecule has 2 aliphatic rings. The monoisotopic (exact) mass is 347 g/mol. The van der Waals surface area contributed by atoms with Crippen molar-refractivity contribution >= 4 is 12.6 Å². The van der Waals surface area contributed by atoms with Crippen LogP contribution in [-0.2, 0) is 5.75 Å². The molecule has 1 aromatic carbocycles. The molecule has 0 heterocycles.